The van der Waals surface area contributed by atoms with E-state index < -0.39 is 0 Å². The molecule has 0 radical (unpaired) electrons. The van der Waals surface area contributed by atoms with Gasteiger partial charge in [-0.25, -0.2) is 0 Å². The van der Waals surface area contributed by atoms with Crippen LogP contribution in [0, 0.1) is 0 Å². The van der Waals surface area contributed by atoms with Crippen LogP contribution in [-0.2, 0) is 9.59 Å². The molecule has 2 saturated heterocycles. The van der Waals surface area contributed by atoms with E-state index in [4.69, 9.17) is 0 Å². The minimum absolute atomic E-state index is 0.0939. The van der Waals surface area contributed by atoms with Gasteiger partial charge in [0.1, 0.15) is 0 Å². The zero-order valence-electron chi connectivity index (χ0n) is 19.1. The summed E-state index contributed by atoms with van der Waals surface area (Å²) in [6.07, 6.45) is 5.68. The molecule has 0 unspecified atom stereocenters. The van der Waals surface area contributed by atoms with Gasteiger partial charge in [0.25, 0.3) is 0 Å². The number of carbonyl (C=O) groups excluding carboxylic acids is 2. The Morgan fingerprint density at radius 1 is 0.871 bits per heavy atom. The molecule has 31 heavy (non-hydrogen) atoms. The first-order valence-electron chi connectivity index (χ1n) is 11.9. The van der Waals surface area contributed by atoms with Crippen molar-refractivity contribution in [3.8, 4) is 0 Å². The first-order chi connectivity index (χ1) is 15.1. The van der Waals surface area contributed by atoms with E-state index in [2.05, 4.69) is 39.2 Å². The van der Waals surface area contributed by atoms with Crippen molar-refractivity contribution in [2.75, 3.05) is 77.4 Å². The zero-order valence-corrected chi connectivity index (χ0v) is 19.1. The van der Waals surface area contributed by atoms with Gasteiger partial charge in [0, 0.05) is 65.1 Å². The lowest BCUT2D eigenvalue weighted by Gasteiger charge is -2.35. The van der Waals surface area contributed by atoms with Gasteiger partial charge in [-0.1, -0.05) is 31.0 Å². The molecule has 0 aliphatic carbocycles. The standard InChI is InChI=1S/C24H39N5O2/c1-26(22-10-5-4-6-11-22)13-9-12-25-23(30)20-27-16-18-28(19-17-27)21-24(31)29-14-7-2-3-8-15-29/h4-6,10-11H,2-3,7-9,12-21H2,1H3,(H,25,30). The molecular formula is C24H39N5O2. The van der Waals surface area contributed by atoms with E-state index >= 15 is 0 Å². The molecule has 0 saturated carbocycles. The molecule has 1 N–H and O–H groups in total. The van der Waals surface area contributed by atoms with Gasteiger partial charge in [-0.2, -0.15) is 0 Å². The molecule has 2 heterocycles. The maximum atomic E-state index is 12.6. The number of nitrogens with one attached hydrogen (secondary N) is 1. The average Bonchev–Trinajstić information content (AvgIpc) is 3.08. The molecule has 0 spiro atoms. The summed E-state index contributed by atoms with van der Waals surface area (Å²) in [5, 5.41) is 3.05. The minimum Gasteiger partial charge on any atom is -0.375 e. The van der Waals surface area contributed by atoms with Crippen molar-refractivity contribution in [3.05, 3.63) is 30.3 Å². The highest BCUT2D eigenvalue weighted by Crippen LogP contribution is 2.12. The van der Waals surface area contributed by atoms with Gasteiger partial charge in [-0.05, 0) is 31.4 Å². The molecule has 1 aromatic carbocycles. The predicted molar refractivity (Wildman–Crippen MR) is 125 cm³/mol. The van der Waals surface area contributed by atoms with Gasteiger partial charge in [-0.15, -0.1) is 0 Å². The first kappa shape index (κ1) is 23.5. The fraction of sp³-hybridized carbons (Fsp3) is 0.667. The molecule has 2 aliphatic heterocycles. The fourth-order valence-electron chi connectivity index (χ4n) is 4.33. The van der Waals surface area contributed by atoms with Crippen molar-refractivity contribution in [3.63, 3.8) is 0 Å². The third-order valence-electron chi connectivity index (χ3n) is 6.34. The molecule has 3 rings (SSSR count). The topological polar surface area (TPSA) is 59.1 Å². The van der Waals surface area contributed by atoms with Crippen molar-refractivity contribution < 1.29 is 9.59 Å². The summed E-state index contributed by atoms with van der Waals surface area (Å²) in [5.41, 5.74) is 1.20. The van der Waals surface area contributed by atoms with Crippen molar-refractivity contribution in [2.24, 2.45) is 0 Å². The maximum Gasteiger partial charge on any atom is 0.236 e. The van der Waals surface area contributed by atoms with Crippen LogP contribution < -0.4 is 10.2 Å². The molecule has 0 bridgehead atoms. The van der Waals surface area contributed by atoms with E-state index in [1.165, 1.54) is 18.5 Å². The molecule has 1 aromatic rings. The number of hydrogen-bond donors (Lipinski definition) is 1. The fourth-order valence-corrected chi connectivity index (χ4v) is 4.33. The molecule has 7 nitrogen and oxygen atoms in total. The summed E-state index contributed by atoms with van der Waals surface area (Å²) in [4.78, 5) is 33.5. The highest BCUT2D eigenvalue weighted by atomic mass is 16.2. The number of amides is 2. The summed E-state index contributed by atoms with van der Waals surface area (Å²) in [7, 11) is 2.08. The van der Waals surface area contributed by atoms with Crippen LogP contribution in [0.4, 0.5) is 5.69 Å². The van der Waals surface area contributed by atoms with Crippen LogP contribution >= 0.6 is 0 Å². The monoisotopic (exact) mass is 429 g/mol. The van der Waals surface area contributed by atoms with Crippen molar-refractivity contribution in [1.82, 2.24) is 20.0 Å². The van der Waals surface area contributed by atoms with Crippen molar-refractivity contribution >= 4 is 17.5 Å². The molecular weight excluding hydrogens is 390 g/mol. The molecule has 2 amide bonds. The summed E-state index contributed by atoms with van der Waals surface area (Å²) < 4.78 is 0. The number of benzene rings is 1. The lowest BCUT2D eigenvalue weighted by atomic mass is 10.2. The normalized spacial score (nSPS) is 18.4. The van der Waals surface area contributed by atoms with Crippen LogP contribution in [0.5, 0.6) is 0 Å². The molecule has 0 aromatic heterocycles. The smallest absolute Gasteiger partial charge is 0.236 e. The lowest BCUT2D eigenvalue weighted by Crippen LogP contribution is -2.52. The number of rotatable bonds is 9. The summed E-state index contributed by atoms with van der Waals surface area (Å²) in [5.74, 6) is 0.366. The van der Waals surface area contributed by atoms with E-state index in [9.17, 15) is 9.59 Å². The Balaban J connectivity index is 1.26. The number of piperazine rings is 1. The minimum atomic E-state index is 0.0939. The Kier molecular flexibility index (Phi) is 9.62. The zero-order chi connectivity index (χ0) is 21.9. The van der Waals surface area contributed by atoms with Crippen molar-refractivity contribution in [2.45, 2.75) is 32.1 Å². The second-order valence-corrected chi connectivity index (χ2v) is 8.81. The van der Waals surface area contributed by atoms with E-state index in [1.807, 2.05) is 23.1 Å². The van der Waals surface area contributed by atoms with E-state index in [0.717, 1.165) is 65.1 Å². The first-order valence-corrected chi connectivity index (χ1v) is 11.9. The second-order valence-electron chi connectivity index (χ2n) is 8.81. The van der Waals surface area contributed by atoms with Crippen LogP contribution in [0.1, 0.15) is 32.1 Å². The van der Waals surface area contributed by atoms with Gasteiger partial charge in [-0.3, -0.25) is 19.4 Å². The van der Waals surface area contributed by atoms with E-state index in [-0.39, 0.29) is 11.8 Å². The maximum absolute atomic E-state index is 12.6. The molecule has 2 fully saturated rings. The highest BCUT2D eigenvalue weighted by molar-refractivity contribution is 5.78. The Morgan fingerprint density at radius 3 is 2.13 bits per heavy atom. The number of hydrogen-bond acceptors (Lipinski definition) is 5. The average molecular weight is 430 g/mol. The Labute approximate surface area is 187 Å². The van der Waals surface area contributed by atoms with Gasteiger partial charge < -0.3 is 15.1 Å². The Bertz CT molecular complexity index is 668. The van der Waals surface area contributed by atoms with Crippen LogP contribution in [0.25, 0.3) is 0 Å². The molecule has 172 valence electrons. The largest absolute Gasteiger partial charge is 0.375 e. The van der Waals surface area contributed by atoms with Crippen LogP contribution in [0.2, 0.25) is 0 Å². The van der Waals surface area contributed by atoms with Gasteiger partial charge >= 0.3 is 0 Å². The summed E-state index contributed by atoms with van der Waals surface area (Å²) >= 11 is 0. The number of likely N-dealkylation sites (tertiary alicyclic amines) is 1. The molecule has 2 aliphatic rings. The van der Waals surface area contributed by atoms with Crippen LogP contribution in [0.3, 0.4) is 0 Å². The second kappa shape index (κ2) is 12.7. The SMILES string of the molecule is CN(CCCNC(=O)CN1CCN(CC(=O)N2CCCCCC2)CC1)c1ccccc1. The Hall–Kier alpha value is -2.12. The van der Waals surface area contributed by atoms with E-state index in [0.29, 0.717) is 19.6 Å². The van der Waals surface area contributed by atoms with E-state index in [1.54, 1.807) is 0 Å². The lowest BCUT2D eigenvalue weighted by molar-refractivity contribution is -0.133. The van der Waals surface area contributed by atoms with Gasteiger partial charge in [0.2, 0.25) is 11.8 Å². The quantitative estimate of drug-likeness (QED) is 0.605. The highest BCUT2D eigenvalue weighted by Gasteiger charge is 2.23. The number of carbonyl (C=O) groups is 2. The summed E-state index contributed by atoms with van der Waals surface area (Å²) in [6.45, 7) is 7.81. The molecule has 0 atom stereocenters. The van der Waals surface area contributed by atoms with Crippen LogP contribution in [0.15, 0.2) is 30.3 Å². The molecule has 7 heteroatoms. The van der Waals surface area contributed by atoms with Gasteiger partial charge in [0.15, 0.2) is 0 Å². The van der Waals surface area contributed by atoms with Crippen molar-refractivity contribution in [1.29, 1.82) is 0 Å². The third-order valence-corrected chi connectivity index (χ3v) is 6.34. The Morgan fingerprint density at radius 2 is 1.48 bits per heavy atom. The predicted octanol–water partition coefficient (Wildman–Crippen LogP) is 1.65. The number of anilines is 1. The number of nitrogens with zero attached hydrogens (tertiary/aromatic N) is 4. The number of para-hydroxylation sites is 1. The van der Waals surface area contributed by atoms with Gasteiger partial charge in [0.05, 0.1) is 13.1 Å². The summed E-state index contributed by atoms with van der Waals surface area (Å²) in [6, 6.07) is 10.3. The van der Waals surface area contributed by atoms with Crippen LogP contribution in [-0.4, -0.2) is 99.0 Å². The third kappa shape index (κ3) is 8.15.